The number of aromatic nitrogens is 3. The van der Waals surface area contributed by atoms with Gasteiger partial charge in [-0.3, -0.25) is 9.20 Å². The maximum absolute atomic E-state index is 14.9. The number of nitrogens with one attached hydrogen (secondary N) is 1. The van der Waals surface area contributed by atoms with Gasteiger partial charge in [-0.15, -0.1) is 0 Å². The van der Waals surface area contributed by atoms with Crippen LogP contribution in [0, 0.1) is 12.7 Å². The molecule has 9 heteroatoms. The zero-order chi connectivity index (χ0) is 22.2. The molecule has 0 aliphatic carbocycles. The number of carbonyl (C=O) groups is 1. The van der Waals surface area contributed by atoms with Gasteiger partial charge in [0.05, 0.1) is 16.8 Å². The number of nitrogen functional groups attached to an aromatic ring is 1. The van der Waals surface area contributed by atoms with Crippen molar-refractivity contribution in [2.45, 2.75) is 46.6 Å². The first-order chi connectivity index (χ1) is 14.2. The van der Waals surface area contributed by atoms with Crippen molar-refractivity contribution in [3.63, 3.8) is 0 Å². The molecule has 0 aliphatic rings. The molecule has 2 heterocycles. The average molecular weight is 434 g/mol. The minimum absolute atomic E-state index is 0.154. The minimum Gasteiger partial charge on any atom is -0.490 e. The van der Waals surface area contributed by atoms with Crippen LogP contribution < -0.4 is 15.8 Å². The number of hydrogen-bond acceptors (Lipinski definition) is 5. The van der Waals surface area contributed by atoms with E-state index in [9.17, 15) is 9.18 Å². The smallest absolute Gasteiger partial charge is 0.258 e. The number of fused-ring (bicyclic) bond motifs is 1. The molecule has 0 spiro atoms. The quantitative estimate of drug-likeness (QED) is 0.610. The molecule has 0 fully saturated rings. The van der Waals surface area contributed by atoms with Crippen molar-refractivity contribution < 1.29 is 13.9 Å². The van der Waals surface area contributed by atoms with E-state index in [2.05, 4.69) is 15.3 Å². The number of amides is 1. The van der Waals surface area contributed by atoms with Gasteiger partial charge in [-0.1, -0.05) is 18.5 Å². The zero-order valence-electron chi connectivity index (χ0n) is 17.6. The fraction of sp³-hybridized carbons (Fsp3) is 0.381. The van der Waals surface area contributed by atoms with Crippen molar-refractivity contribution in [1.82, 2.24) is 19.7 Å². The Bertz CT molecular complexity index is 1110. The highest BCUT2D eigenvalue weighted by atomic mass is 35.5. The van der Waals surface area contributed by atoms with Crippen LogP contribution in [0.25, 0.3) is 5.52 Å². The van der Waals surface area contributed by atoms with Gasteiger partial charge in [-0.25, -0.2) is 14.4 Å². The summed E-state index contributed by atoms with van der Waals surface area (Å²) >= 11 is 6.18. The van der Waals surface area contributed by atoms with E-state index < -0.39 is 11.7 Å². The molecule has 0 aliphatic heterocycles. The molecule has 3 aromatic rings. The molecule has 0 bridgehead atoms. The second-order valence-electron chi connectivity index (χ2n) is 7.30. The van der Waals surface area contributed by atoms with Crippen molar-refractivity contribution >= 4 is 28.8 Å². The summed E-state index contributed by atoms with van der Waals surface area (Å²) in [6.07, 6.45) is 3.06. The highest BCUT2D eigenvalue weighted by Crippen LogP contribution is 2.39. The van der Waals surface area contributed by atoms with Gasteiger partial charge in [-0.05, 0) is 33.8 Å². The summed E-state index contributed by atoms with van der Waals surface area (Å²) < 4.78 is 22.7. The van der Waals surface area contributed by atoms with Crippen LogP contribution in [-0.4, -0.2) is 32.9 Å². The summed E-state index contributed by atoms with van der Waals surface area (Å²) in [5, 5.41) is 2.47. The van der Waals surface area contributed by atoms with E-state index in [4.69, 9.17) is 22.1 Å². The van der Waals surface area contributed by atoms with E-state index >= 15 is 0 Å². The first-order valence-corrected chi connectivity index (χ1v) is 10.1. The van der Waals surface area contributed by atoms with Crippen molar-refractivity contribution in [1.29, 1.82) is 0 Å². The van der Waals surface area contributed by atoms with E-state index in [0.717, 1.165) is 0 Å². The second-order valence-corrected chi connectivity index (χ2v) is 7.71. The molecule has 0 radical (unpaired) electrons. The summed E-state index contributed by atoms with van der Waals surface area (Å²) in [5.74, 6) is -0.615. The van der Waals surface area contributed by atoms with Crippen LogP contribution in [0.1, 0.15) is 61.1 Å². The van der Waals surface area contributed by atoms with Crippen LogP contribution in [0.4, 0.5) is 10.2 Å². The number of rotatable bonds is 6. The van der Waals surface area contributed by atoms with E-state index in [1.54, 1.807) is 19.3 Å². The summed E-state index contributed by atoms with van der Waals surface area (Å²) in [7, 11) is 0. The molecule has 0 saturated carbocycles. The lowest BCUT2D eigenvalue weighted by atomic mass is 9.95. The SMILES string of the molecule is CCNC(=O)c1c(F)c(Cl)cc([C@H](C)c2nc(C)c3c(N)nccn23)c1OC(C)C. The van der Waals surface area contributed by atoms with Crippen LogP contribution in [0.3, 0.4) is 0 Å². The van der Waals surface area contributed by atoms with Gasteiger partial charge in [0, 0.05) is 30.4 Å². The molecule has 30 heavy (non-hydrogen) atoms. The lowest BCUT2D eigenvalue weighted by Gasteiger charge is -2.22. The standard InChI is InChI=1S/C21H25ClFN5O2/c1-6-25-21(29)15-16(23)14(22)9-13(18(15)30-10(2)3)11(4)20-27-12(5)17-19(24)26-7-8-28(17)20/h7-11H,6H2,1-5H3,(H2,24,26)(H,25,29)/t11-/m0/s1. The Morgan fingerprint density at radius 2 is 2.10 bits per heavy atom. The molecule has 3 rings (SSSR count). The number of halogens is 2. The molecule has 1 amide bonds. The highest BCUT2D eigenvalue weighted by molar-refractivity contribution is 6.31. The molecule has 0 unspecified atom stereocenters. The fourth-order valence-electron chi connectivity index (χ4n) is 3.48. The third-order valence-electron chi connectivity index (χ3n) is 4.76. The number of nitrogens with two attached hydrogens (primary N) is 1. The van der Waals surface area contributed by atoms with Crippen molar-refractivity contribution in [2.24, 2.45) is 0 Å². The van der Waals surface area contributed by atoms with Gasteiger partial charge in [0.1, 0.15) is 28.5 Å². The lowest BCUT2D eigenvalue weighted by Crippen LogP contribution is -2.26. The predicted octanol–water partition coefficient (Wildman–Crippen LogP) is 4.10. The molecular weight excluding hydrogens is 409 g/mol. The van der Waals surface area contributed by atoms with Gasteiger partial charge >= 0.3 is 0 Å². The van der Waals surface area contributed by atoms with E-state index in [-0.39, 0.29) is 28.4 Å². The van der Waals surface area contributed by atoms with Crippen molar-refractivity contribution in [3.8, 4) is 5.75 Å². The third-order valence-corrected chi connectivity index (χ3v) is 5.03. The van der Waals surface area contributed by atoms with Crippen molar-refractivity contribution in [2.75, 3.05) is 12.3 Å². The van der Waals surface area contributed by atoms with Gasteiger partial charge < -0.3 is 15.8 Å². The molecule has 3 N–H and O–H groups in total. The first kappa shape index (κ1) is 21.8. The molecule has 160 valence electrons. The summed E-state index contributed by atoms with van der Waals surface area (Å²) in [6.45, 7) is 9.45. The van der Waals surface area contributed by atoms with E-state index in [1.807, 2.05) is 32.1 Å². The Balaban J connectivity index is 2.27. The Morgan fingerprint density at radius 1 is 1.40 bits per heavy atom. The highest BCUT2D eigenvalue weighted by Gasteiger charge is 2.29. The Morgan fingerprint density at radius 3 is 2.73 bits per heavy atom. The number of aryl methyl sites for hydroxylation is 1. The lowest BCUT2D eigenvalue weighted by molar-refractivity contribution is 0.0945. The second kappa shape index (κ2) is 8.47. The molecule has 0 saturated heterocycles. The monoisotopic (exact) mass is 433 g/mol. The summed E-state index contributed by atoms with van der Waals surface area (Å²) in [5.41, 5.74) is 7.78. The maximum Gasteiger partial charge on any atom is 0.258 e. The summed E-state index contributed by atoms with van der Waals surface area (Å²) in [4.78, 5) is 21.4. The van der Waals surface area contributed by atoms with Crippen LogP contribution in [0.15, 0.2) is 18.5 Å². The zero-order valence-corrected chi connectivity index (χ0v) is 18.3. The van der Waals surface area contributed by atoms with Gasteiger partial charge in [0.25, 0.3) is 5.91 Å². The fourth-order valence-corrected chi connectivity index (χ4v) is 3.69. The van der Waals surface area contributed by atoms with Crippen LogP contribution in [0.5, 0.6) is 5.75 Å². The van der Waals surface area contributed by atoms with Crippen molar-refractivity contribution in [3.05, 3.63) is 51.9 Å². The Kier molecular flexibility index (Phi) is 6.17. The van der Waals surface area contributed by atoms with E-state index in [0.29, 0.717) is 35.0 Å². The third kappa shape index (κ3) is 3.79. The molecular formula is C21H25ClFN5O2. The number of anilines is 1. The van der Waals surface area contributed by atoms with Crippen LogP contribution in [0.2, 0.25) is 5.02 Å². The number of carbonyl (C=O) groups excluding carboxylic acids is 1. The topological polar surface area (TPSA) is 94.5 Å². The minimum atomic E-state index is -0.813. The molecule has 1 atom stereocenters. The average Bonchev–Trinajstić information content (AvgIpc) is 3.02. The van der Waals surface area contributed by atoms with Gasteiger partial charge in [-0.2, -0.15) is 0 Å². The molecule has 1 aromatic carbocycles. The first-order valence-electron chi connectivity index (χ1n) is 9.73. The van der Waals surface area contributed by atoms with Crippen LogP contribution in [-0.2, 0) is 0 Å². The summed E-state index contributed by atoms with van der Waals surface area (Å²) in [6, 6.07) is 1.49. The Labute approximate surface area is 179 Å². The molecule has 7 nitrogen and oxygen atoms in total. The number of benzene rings is 1. The Hall–Kier alpha value is -2.87. The maximum atomic E-state index is 14.9. The number of hydrogen-bond donors (Lipinski definition) is 2. The van der Waals surface area contributed by atoms with Crippen LogP contribution >= 0.6 is 11.6 Å². The largest absolute Gasteiger partial charge is 0.490 e. The predicted molar refractivity (Wildman–Crippen MR) is 115 cm³/mol. The number of ether oxygens (including phenoxy) is 1. The van der Waals surface area contributed by atoms with Gasteiger partial charge in [0.2, 0.25) is 0 Å². The number of nitrogens with zero attached hydrogens (tertiary/aromatic N) is 3. The number of imidazole rings is 1. The van der Waals surface area contributed by atoms with Gasteiger partial charge in [0.15, 0.2) is 5.82 Å². The normalized spacial score (nSPS) is 12.4. The van der Waals surface area contributed by atoms with E-state index in [1.165, 1.54) is 6.07 Å². The molecule has 2 aromatic heterocycles.